The van der Waals surface area contributed by atoms with Gasteiger partial charge >= 0.3 is 0 Å². The number of benzene rings is 7. The first-order valence-electron chi connectivity index (χ1n) is 18.2. The van der Waals surface area contributed by atoms with Crippen LogP contribution in [0, 0.1) is 0 Å². The van der Waals surface area contributed by atoms with Gasteiger partial charge in [-0.2, -0.15) is 0 Å². The Balaban J connectivity index is 1.20. The Labute approximate surface area is 332 Å². The first kappa shape index (κ1) is 33.9. The van der Waals surface area contributed by atoms with Gasteiger partial charge in [-0.15, -0.1) is 0 Å². The number of phenols is 7. The summed E-state index contributed by atoms with van der Waals surface area (Å²) >= 11 is 0. The molecule has 2 aromatic heterocycles. The number of aromatic hydroxyl groups is 7. The third kappa shape index (κ3) is 4.83. The lowest BCUT2D eigenvalue weighted by Crippen LogP contribution is -2.30. The van der Waals surface area contributed by atoms with E-state index in [-0.39, 0.29) is 72.8 Å². The smallest absolute Gasteiger partial charge is 0.231 e. The fraction of sp³-hybridized carbons (Fsp3) is 0. The van der Waals surface area contributed by atoms with Crippen molar-refractivity contribution in [2.45, 2.75) is 0 Å². The van der Waals surface area contributed by atoms with Gasteiger partial charge in [0.2, 0.25) is 41.8 Å². The number of aromatic nitrogens is 3. The van der Waals surface area contributed by atoms with E-state index in [0.717, 1.165) is 22.3 Å². The van der Waals surface area contributed by atoms with Gasteiger partial charge in [-0.25, -0.2) is 15.0 Å². The lowest BCUT2D eigenvalue weighted by atomic mass is 9.61. The highest BCUT2D eigenvalue weighted by Crippen LogP contribution is 2.60. The average molecular weight is 779 g/mol. The zero-order valence-corrected chi connectivity index (χ0v) is 30.2. The summed E-state index contributed by atoms with van der Waals surface area (Å²) in [5, 5.41) is 78.2. The van der Waals surface area contributed by atoms with Crippen molar-refractivity contribution in [2.75, 3.05) is 0 Å². The molecule has 283 valence electrons. The summed E-state index contributed by atoms with van der Waals surface area (Å²) in [6.45, 7) is 0. The van der Waals surface area contributed by atoms with Crippen LogP contribution in [0.3, 0.4) is 0 Å². The number of hydrogen-bond acceptors (Lipinski definition) is 13. The Kier molecular flexibility index (Phi) is 7.07. The van der Waals surface area contributed by atoms with Crippen LogP contribution in [0.5, 0.6) is 51.7 Å². The van der Waals surface area contributed by atoms with Crippen LogP contribution in [0.1, 0.15) is 0 Å². The summed E-state index contributed by atoms with van der Waals surface area (Å²) in [7, 11) is 1.21. The highest BCUT2D eigenvalue weighted by molar-refractivity contribution is 6.75. The monoisotopic (exact) mass is 778 g/mol. The topological polar surface area (TPSA) is 212 Å². The van der Waals surface area contributed by atoms with E-state index in [9.17, 15) is 35.7 Å². The van der Waals surface area contributed by atoms with Gasteiger partial charge in [0.15, 0.2) is 45.9 Å². The Bertz CT molecular complexity index is 3150. The highest BCUT2D eigenvalue weighted by atomic mass is 17.2. The summed E-state index contributed by atoms with van der Waals surface area (Å²) in [5.41, 5.74) is 4.10. The number of furan rings is 1. The lowest BCUT2D eigenvalue weighted by molar-refractivity contribution is -0.103. The molecule has 11 rings (SSSR count). The van der Waals surface area contributed by atoms with Crippen LogP contribution in [0.15, 0.2) is 114 Å². The normalized spacial score (nSPS) is 12.3. The van der Waals surface area contributed by atoms with Crippen molar-refractivity contribution in [1.82, 2.24) is 15.0 Å². The van der Waals surface area contributed by atoms with Gasteiger partial charge in [0, 0.05) is 33.0 Å². The Morgan fingerprint density at radius 2 is 0.814 bits per heavy atom. The molecule has 0 aliphatic carbocycles. The fourth-order valence-corrected chi connectivity index (χ4v) is 7.89. The van der Waals surface area contributed by atoms with Crippen LogP contribution in [-0.4, -0.2) is 58.0 Å². The number of nitrogens with zero attached hydrogens (tertiary/aromatic N) is 3. The van der Waals surface area contributed by atoms with Crippen molar-refractivity contribution in [3.05, 3.63) is 109 Å². The Morgan fingerprint density at radius 3 is 1.39 bits per heavy atom. The van der Waals surface area contributed by atoms with Crippen LogP contribution in [0.4, 0.5) is 0 Å². The molecule has 59 heavy (non-hydrogen) atoms. The van der Waals surface area contributed by atoms with Crippen molar-refractivity contribution in [1.29, 1.82) is 0 Å². The number of phenolic OH excluding ortho intramolecular Hbond substituents is 7. The molecule has 4 heterocycles. The summed E-state index contributed by atoms with van der Waals surface area (Å²) in [6.07, 6.45) is 0. The second-order valence-corrected chi connectivity index (χ2v) is 14.1. The fourth-order valence-electron chi connectivity index (χ4n) is 7.89. The van der Waals surface area contributed by atoms with Gasteiger partial charge in [0.1, 0.15) is 5.56 Å². The molecule has 7 N–H and O–H groups in total. The van der Waals surface area contributed by atoms with Gasteiger partial charge in [0.25, 0.3) is 0 Å². The first-order chi connectivity index (χ1) is 28.7. The molecule has 2 aliphatic rings. The van der Waals surface area contributed by atoms with Crippen molar-refractivity contribution in [2.24, 2.45) is 0 Å². The second-order valence-electron chi connectivity index (χ2n) is 14.1. The first-order valence-corrected chi connectivity index (χ1v) is 18.2. The van der Waals surface area contributed by atoms with E-state index in [1.165, 1.54) is 7.28 Å². The zero-order chi connectivity index (χ0) is 40.3. The molecule has 0 saturated carbocycles. The lowest BCUT2D eigenvalue weighted by Gasteiger charge is -2.25. The molecule has 9 aromatic rings. The van der Waals surface area contributed by atoms with Crippen LogP contribution < -0.4 is 20.7 Å². The van der Waals surface area contributed by atoms with Gasteiger partial charge in [-0.1, -0.05) is 109 Å². The van der Waals surface area contributed by atoms with Crippen LogP contribution >= 0.6 is 0 Å². The minimum Gasteiger partial charge on any atom is -0.505 e. The molecule has 0 bridgehead atoms. The second kappa shape index (κ2) is 12.3. The molecule has 2 aliphatic heterocycles. The molecule has 0 spiro atoms. The molecule has 0 atom stereocenters. The van der Waals surface area contributed by atoms with E-state index >= 15 is 0 Å². The summed E-state index contributed by atoms with van der Waals surface area (Å²) in [5.74, 6) is -6.06. The molecular formula is C45H25BN3O10. The van der Waals surface area contributed by atoms with E-state index in [1.807, 2.05) is 109 Å². The quantitative estimate of drug-likeness (QED) is 0.0518. The van der Waals surface area contributed by atoms with Crippen molar-refractivity contribution < 1.29 is 49.9 Å². The molecule has 0 amide bonds. The molecule has 0 unspecified atom stereocenters. The minimum atomic E-state index is -0.953. The molecule has 0 saturated heterocycles. The summed E-state index contributed by atoms with van der Waals surface area (Å²) < 4.78 is 6.09. The maximum atomic E-state index is 12.3. The maximum absolute atomic E-state index is 12.3. The molecular weight excluding hydrogens is 753 g/mol. The largest absolute Gasteiger partial charge is 0.505 e. The van der Waals surface area contributed by atoms with E-state index < -0.39 is 46.0 Å². The molecule has 13 nitrogen and oxygen atoms in total. The molecule has 1 radical (unpaired) electrons. The molecule has 14 heteroatoms. The van der Waals surface area contributed by atoms with Gasteiger partial charge < -0.3 is 40.2 Å². The van der Waals surface area contributed by atoms with E-state index in [0.29, 0.717) is 11.1 Å². The standard InChI is InChI=1S/C45H25BN3O10/c50-32-29(39-25-26-27-30(33(51)35(53)37(55)41(27)57-40(26)32)46-31-28(25)42(59-58-39)38(56)36(54)34(31)52)45-48-43(23-15-11-21(12-16-23)19-7-3-1-4-8-19)47-44(49-45)24-17-13-22(14-18-24)20-9-5-2-6-10-20/h1-18,50-56H. The van der Waals surface area contributed by atoms with E-state index in [4.69, 9.17) is 29.1 Å². The van der Waals surface area contributed by atoms with Crippen molar-refractivity contribution in [3.63, 3.8) is 0 Å². The Hall–Kier alpha value is -8.39. The third-order valence-electron chi connectivity index (χ3n) is 10.8. The van der Waals surface area contributed by atoms with Gasteiger partial charge in [0.05, 0.1) is 0 Å². The van der Waals surface area contributed by atoms with Crippen LogP contribution in [0.2, 0.25) is 0 Å². The Morgan fingerprint density at radius 1 is 0.356 bits per heavy atom. The summed E-state index contributed by atoms with van der Waals surface area (Å²) in [6, 6.07) is 34.9. The number of rotatable bonds is 5. The van der Waals surface area contributed by atoms with Crippen molar-refractivity contribution in [3.8, 4) is 119 Å². The van der Waals surface area contributed by atoms with E-state index in [1.54, 1.807) is 0 Å². The van der Waals surface area contributed by atoms with Gasteiger partial charge in [-0.05, 0) is 33.2 Å². The van der Waals surface area contributed by atoms with Gasteiger partial charge in [-0.3, -0.25) is 9.78 Å². The summed E-state index contributed by atoms with van der Waals surface area (Å²) in [4.78, 5) is 26.0. The minimum absolute atomic E-state index is 0.00552. The third-order valence-corrected chi connectivity index (χ3v) is 10.8. The predicted molar refractivity (Wildman–Crippen MR) is 218 cm³/mol. The molecule has 7 aromatic carbocycles. The molecule has 0 fully saturated rings. The van der Waals surface area contributed by atoms with Crippen LogP contribution in [0.25, 0.3) is 89.5 Å². The predicted octanol–water partition coefficient (Wildman–Crippen LogP) is 7.37. The highest BCUT2D eigenvalue weighted by Gasteiger charge is 2.42. The number of hydrogen-bond donors (Lipinski definition) is 7. The van der Waals surface area contributed by atoms with E-state index in [2.05, 4.69) is 0 Å². The van der Waals surface area contributed by atoms with Crippen LogP contribution in [-0.2, 0) is 0 Å². The zero-order valence-electron chi connectivity index (χ0n) is 30.2. The maximum Gasteiger partial charge on any atom is 0.231 e. The van der Waals surface area contributed by atoms with Crippen molar-refractivity contribution >= 4 is 40.1 Å². The average Bonchev–Trinajstić information content (AvgIpc) is 3.61. The SMILES string of the molecule is Oc1c(O)c2c3c(c1O)OOc1c(-c4nc(-c5ccc(-c6ccccc6)cc5)nc(-c5ccc(-c6ccccc6)cc5)n4)c(O)c4oc5c(O)c(O)c(O)c(c5c4c1-3)[B]2.